The topological polar surface area (TPSA) is 80.4 Å². The molecule has 0 radical (unpaired) electrons. The van der Waals surface area contributed by atoms with E-state index in [-0.39, 0.29) is 0 Å². The molecule has 0 bridgehead atoms. The van der Waals surface area contributed by atoms with E-state index in [0.717, 1.165) is 0 Å². The third kappa shape index (κ3) is 1.93. The van der Waals surface area contributed by atoms with Crippen molar-refractivity contribution in [2.75, 3.05) is 0 Å². The van der Waals surface area contributed by atoms with Crippen molar-refractivity contribution in [3.8, 4) is 0 Å². The number of rotatable bonds is 3. The fraction of sp³-hybridized carbons (Fsp3) is 0.714. The molecule has 0 heterocycles. The minimum absolute atomic E-state index is 0.586. The van der Waals surface area contributed by atoms with E-state index in [9.17, 15) is 9.59 Å². The summed E-state index contributed by atoms with van der Waals surface area (Å²) in [5, 5.41) is 8.65. The van der Waals surface area contributed by atoms with Gasteiger partial charge in [0.05, 0.1) is 11.3 Å². The highest BCUT2D eigenvalue weighted by Crippen LogP contribution is 2.25. The van der Waals surface area contributed by atoms with E-state index in [1.54, 1.807) is 0 Å². The number of carbonyl (C=O) groups is 2. The summed E-state index contributed by atoms with van der Waals surface area (Å²) in [5.74, 6) is -2.25. The Labute approximate surface area is 65.4 Å². The van der Waals surface area contributed by atoms with Crippen LogP contribution in [0.5, 0.6) is 0 Å². The number of carbonyl (C=O) groups excluding carboxylic acids is 1. The number of aliphatic carboxylic acids is 1. The summed E-state index contributed by atoms with van der Waals surface area (Å²) in [4.78, 5) is 21.2. The van der Waals surface area contributed by atoms with Crippen molar-refractivity contribution in [1.82, 2.24) is 0 Å². The lowest BCUT2D eigenvalue weighted by Crippen LogP contribution is -2.39. The summed E-state index contributed by atoms with van der Waals surface area (Å²) in [6, 6.07) is 0. The van der Waals surface area contributed by atoms with Gasteiger partial charge in [-0.3, -0.25) is 9.59 Å². The average molecular weight is 159 g/mol. The molecule has 0 saturated carbocycles. The van der Waals surface area contributed by atoms with Crippen molar-refractivity contribution in [1.29, 1.82) is 0 Å². The molecule has 1 unspecified atom stereocenters. The van der Waals surface area contributed by atoms with E-state index in [4.69, 9.17) is 10.8 Å². The van der Waals surface area contributed by atoms with Crippen LogP contribution in [0.1, 0.15) is 20.8 Å². The SMILES string of the molecule is CC(C(N)=O)C(C)(C)C(=O)O. The van der Waals surface area contributed by atoms with E-state index in [0.29, 0.717) is 0 Å². The first-order valence-corrected chi connectivity index (χ1v) is 3.33. The summed E-state index contributed by atoms with van der Waals surface area (Å²) in [5.41, 5.74) is 3.88. The fourth-order valence-electron chi connectivity index (χ4n) is 0.541. The first-order chi connectivity index (χ1) is 4.80. The van der Waals surface area contributed by atoms with Crippen LogP contribution in [0.25, 0.3) is 0 Å². The first-order valence-electron chi connectivity index (χ1n) is 3.33. The summed E-state index contributed by atoms with van der Waals surface area (Å²) < 4.78 is 0. The Morgan fingerprint density at radius 3 is 1.91 bits per heavy atom. The molecule has 0 spiro atoms. The molecule has 11 heavy (non-hydrogen) atoms. The van der Waals surface area contributed by atoms with Gasteiger partial charge in [-0.25, -0.2) is 0 Å². The van der Waals surface area contributed by atoms with Gasteiger partial charge in [0.1, 0.15) is 0 Å². The van der Waals surface area contributed by atoms with Gasteiger partial charge in [0.2, 0.25) is 5.91 Å². The number of carboxylic acid groups (broad SMARTS) is 1. The molecular weight excluding hydrogens is 146 g/mol. The van der Waals surface area contributed by atoms with Gasteiger partial charge in [0.15, 0.2) is 0 Å². The Hall–Kier alpha value is -1.06. The maximum atomic E-state index is 10.6. The minimum atomic E-state index is -1.08. The molecule has 0 saturated heterocycles. The van der Waals surface area contributed by atoms with Crippen LogP contribution in [0.3, 0.4) is 0 Å². The number of hydrogen-bond acceptors (Lipinski definition) is 2. The largest absolute Gasteiger partial charge is 0.481 e. The van der Waals surface area contributed by atoms with Crippen LogP contribution in [-0.2, 0) is 9.59 Å². The Morgan fingerprint density at radius 2 is 1.82 bits per heavy atom. The van der Waals surface area contributed by atoms with Crippen LogP contribution >= 0.6 is 0 Å². The summed E-state index contributed by atoms with van der Waals surface area (Å²) in [7, 11) is 0. The van der Waals surface area contributed by atoms with Gasteiger partial charge in [0.25, 0.3) is 0 Å². The van der Waals surface area contributed by atoms with E-state index < -0.39 is 23.2 Å². The zero-order valence-electron chi connectivity index (χ0n) is 6.92. The predicted molar refractivity (Wildman–Crippen MR) is 39.8 cm³/mol. The summed E-state index contributed by atoms with van der Waals surface area (Å²) >= 11 is 0. The standard InChI is InChI=1S/C7H13NO3/c1-4(5(8)9)7(2,3)6(10)11/h4H,1-3H3,(H2,8,9)(H,10,11). The van der Waals surface area contributed by atoms with Crippen LogP contribution in [-0.4, -0.2) is 17.0 Å². The first kappa shape index (κ1) is 9.94. The second-order valence-electron chi connectivity index (χ2n) is 3.15. The van der Waals surface area contributed by atoms with Gasteiger partial charge in [-0.05, 0) is 13.8 Å². The van der Waals surface area contributed by atoms with Crippen molar-refractivity contribution in [2.24, 2.45) is 17.1 Å². The zero-order valence-corrected chi connectivity index (χ0v) is 6.92. The number of amides is 1. The molecule has 4 nitrogen and oxygen atoms in total. The van der Waals surface area contributed by atoms with Crippen molar-refractivity contribution in [3.63, 3.8) is 0 Å². The lowest BCUT2D eigenvalue weighted by molar-refractivity contribution is -0.152. The van der Waals surface area contributed by atoms with Gasteiger partial charge in [-0.2, -0.15) is 0 Å². The molecule has 0 aromatic heterocycles. The van der Waals surface area contributed by atoms with Gasteiger partial charge < -0.3 is 10.8 Å². The van der Waals surface area contributed by atoms with Crippen LogP contribution in [0.15, 0.2) is 0 Å². The normalized spacial score (nSPS) is 14.1. The van der Waals surface area contributed by atoms with Crippen LogP contribution < -0.4 is 5.73 Å². The van der Waals surface area contributed by atoms with Gasteiger partial charge in [0, 0.05) is 0 Å². The molecule has 0 aromatic carbocycles. The molecular formula is C7H13NO3. The fourth-order valence-corrected chi connectivity index (χ4v) is 0.541. The number of primary amides is 1. The number of hydrogen-bond donors (Lipinski definition) is 2. The van der Waals surface area contributed by atoms with Crippen molar-refractivity contribution in [2.45, 2.75) is 20.8 Å². The third-order valence-corrected chi connectivity index (χ3v) is 2.06. The number of nitrogens with two attached hydrogens (primary N) is 1. The molecule has 0 rings (SSSR count). The zero-order chi connectivity index (χ0) is 9.23. The van der Waals surface area contributed by atoms with Gasteiger partial charge in [-0.1, -0.05) is 6.92 Å². The Balaban J connectivity index is 4.55. The Kier molecular flexibility index (Phi) is 2.62. The van der Waals surface area contributed by atoms with E-state index in [1.165, 1.54) is 20.8 Å². The molecule has 0 aliphatic heterocycles. The van der Waals surface area contributed by atoms with Crippen LogP contribution in [0.4, 0.5) is 0 Å². The highest BCUT2D eigenvalue weighted by Gasteiger charge is 2.36. The summed E-state index contributed by atoms with van der Waals surface area (Å²) in [6.07, 6.45) is 0. The quantitative estimate of drug-likeness (QED) is 0.618. The molecule has 64 valence electrons. The van der Waals surface area contributed by atoms with Gasteiger partial charge in [-0.15, -0.1) is 0 Å². The third-order valence-electron chi connectivity index (χ3n) is 2.06. The molecule has 0 aromatic rings. The second-order valence-corrected chi connectivity index (χ2v) is 3.15. The van der Waals surface area contributed by atoms with Crippen molar-refractivity contribution in [3.05, 3.63) is 0 Å². The average Bonchev–Trinajstić information content (AvgIpc) is 1.85. The molecule has 0 fully saturated rings. The van der Waals surface area contributed by atoms with Gasteiger partial charge >= 0.3 is 5.97 Å². The van der Waals surface area contributed by atoms with Crippen molar-refractivity contribution < 1.29 is 14.7 Å². The highest BCUT2D eigenvalue weighted by atomic mass is 16.4. The molecule has 3 N–H and O–H groups in total. The minimum Gasteiger partial charge on any atom is -0.481 e. The maximum absolute atomic E-state index is 10.6. The predicted octanol–water partition coefficient (Wildman–Crippen LogP) is 0.219. The van der Waals surface area contributed by atoms with E-state index >= 15 is 0 Å². The molecule has 0 aliphatic carbocycles. The molecule has 4 heteroatoms. The Morgan fingerprint density at radius 1 is 1.45 bits per heavy atom. The maximum Gasteiger partial charge on any atom is 0.309 e. The van der Waals surface area contributed by atoms with Crippen LogP contribution in [0.2, 0.25) is 0 Å². The second kappa shape index (κ2) is 2.90. The Bertz CT molecular complexity index is 186. The molecule has 0 aliphatic rings. The summed E-state index contributed by atoms with van der Waals surface area (Å²) in [6.45, 7) is 4.46. The van der Waals surface area contributed by atoms with E-state index in [2.05, 4.69) is 0 Å². The van der Waals surface area contributed by atoms with E-state index in [1.807, 2.05) is 0 Å². The lowest BCUT2D eigenvalue weighted by Gasteiger charge is -2.23. The number of carboxylic acids is 1. The smallest absolute Gasteiger partial charge is 0.309 e. The van der Waals surface area contributed by atoms with Crippen LogP contribution in [0, 0.1) is 11.3 Å². The highest BCUT2D eigenvalue weighted by molar-refractivity contribution is 5.85. The molecule has 1 atom stereocenters. The monoisotopic (exact) mass is 159 g/mol. The van der Waals surface area contributed by atoms with Crippen molar-refractivity contribution >= 4 is 11.9 Å². The lowest BCUT2D eigenvalue weighted by atomic mass is 9.80. The molecule has 1 amide bonds.